The van der Waals surface area contributed by atoms with Crippen LogP contribution in [-0.4, -0.2) is 5.11 Å². The first-order valence-corrected chi connectivity index (χ1v) is 2.63. The molecule has 2 heteroatoms. The highest BCUT2D eigenvalue weighted by molar-refractivity contribution is 4.87. The van der Waals surface area contributed by atoms with Gasteiger partial charge < -0.3 is 9.84 Å². The van der Waals surface area contributed by atoms with Crippen molar-refractivity contribution in [1.29, 1.82) is 0 Å². The van der Waals surface area contributed by atoms with Gasteiger partial charge in [0.15, 0.2) is 0 Å². The Balaban J connectivity index is 3.29. The Hall–Kier alpha value is -0.500. The van der Waals surface area contributed by atoms with Crippen LogP contribution in [-0.2, 0) is 4.74 Å². The number of allylic oxidation sites excluding steroid dienone is 2. The lowest BCUT2D eigenvalue weighted by Crippen LogP contribution is -1.81. The molecule has 0 radical (unpaired) electrons. The predicted molar refractivity (Wildman–Crippen MR) is 33.0 cm³/mol. The molecule has 0 unspecified atom stereocenters. The van der Waals surface area contributed by atoms with Crippen molar-refractivity contribution in [1.82, 2.24) is 0 Å². The van der Waals surface area contributed by atoms with Crippen LogP contribution in [0.25, 0.3) is 0 Å². The molecular weight excluding hydrogens is 104 g/mol. The fourth-order valence-electron chi connectivity index (χ4n) is 0.429. The van der Waals surface area contributed by atoms with Crippen LogP contribution < -0.4 is 0 Å². The standard InChI is InChI=1S/C6H12O2/c1-3-4-6(2)8-5-7/h4-5H,3,7H2,1-2H3/b6-4-. The maximum atomic E-state index is 6.52. The van der Waals surface area contributed by atoms with E-state index in [1.165, 1.54) is 0 Å². The highest BCUT2D eigenvalue weighted by atomic mass is 16.6. The lowest BCUT2D eigenvalue weighted by atomic mass is 10.4. The van der Waals surface area contributed by atoms with Gasteiger partial charge in [-0.2, -0.15) is 0 Å². The molecule has 0 aromatic rings. The lowest BCUT2D eigenvalue weighted by molar-refractivity contribution is 0.130. The van der Waals surface area contributed by atoms with Gasteiger partial charge in [-0.1, -0.05) is 6.92 Å². The average Bonchev–Trinajstić information content (AvgIpc) is 1.68. The Bertz CT molecular complexity index is 76.6. The molecule has 8 heavy (non-hydrogen) atoms. The van der Waals surface area contributed by atoms with Crippen molar-refractivity contribution in [3.8, 4) is 0 Å². The zero-order chi connectivity index (χ0) is 6.41. The second-order valence-corrected chi connectivity index (χ2v) is 1.46. The van der Waals surface area contributed by atoms with Gasteiger partial charge in [0.2, 0.25) is 0 Å². The molecular formula is C6H12O2. The summed E-state index contributed by atoms with van der Waals surface area (Å²) in [5, 5.41) is 6.52. The van der Waals surface area contributed by atoms with Crippen LogP contribution in [0.1, 0.15) is 20.3 Å². The maximum absolute atomic E-state index is 6.52. The molecule has 0 saturated carbocycles. The SMILES string of the molecule is CC/C=C(/C)O[CH-][OH2+]. The number of hydrogen-bond donors (Lipinski definition) is 0. The van der Waals surface area contributed by atoms with Crippen LogP contribution >= 0.6 is 0 Å². The predicted octanol–water partition coefficient (Wildman–Crippen LogP) is 1.16. The minimum atomic E-state index is 0.794. The van der Waals surface area contributed by atoms with E-state index in [2.05, 4.69) is 4.74 Å². The molecule has 0 rings (SSSR count). The summed E-state index contributed by atoms with van der Waals surface area (Å²) in [5.41, 5.74) is 0. The Kier molecular flexibility index (Phi) is 4.36. The summed E-state index contributed by atoms with van der Waals surface area (Å²) in [7, 11) is 0. The van der Waals surface area contributed by atoms with E-state index in [1.54, 1.807) is 0 Å². The Morgan fingerprint density at radius 3 is 2.88 bits per heavy atom. The van der Waals surface area contributed by atoms with E-state index in [0.29, 0.717) is 0 Å². The van der Waals surface area contributed by atoms with E-state index >= 15 is 0 Å². The maximum Gasteiger partial charge on any atom is 0.123 e. The van der Waals surface area contributed by atoms with Gasteiger partial charge in [-0.25, -0.2) is 0 Å². The minimum Gasteiger partial charge on any atom is -0.592 e. The number of ether oxygens (including phenoxy) is 1. The lowest BCUT2D eigenvalue weighted by Gasteiger charge is -2.05. The van der Waals surface area contributed by atoms with Crippen molar-refractivity contribution in [2.24, 2.45) is 0 Å². The van der Waals surface area contributed by atoms with Crippen molar-refractivity contribution in [2.75, 3.05) is 0 Å². The van der Waals surface area contributed by atoms with Gasteiger partial charge in [-0.15, -0.1) is 0 Å². The quantitative estimate of drug-likeness (QED) is 0.309. The Morgan fingerprint density at radius 2 is 2.50 bits per heavy atom. The third-order valence-electron chi connectivity index (χ3n) is 0.736. The second-order valence-electron chi connectivity index (χ2n) is 1.46. The molecule has 48 valence electrons. The normalized spacial score (nSPS) is 11.6. The molecule has 0 aliphatic carbocycles. The van der Waals surface area contributed by atoms with E-state index in [0.717, 1.165) is 19.0 Å². The molecule has 0 aliphatic rings. The topological polar surface area (TPSA) is 32.1 Å². The monoisotopic (exact) mass is 116 g/mol. The highest BCUT2D eigenvalue weighted by Crippen LogP contribution is 1.96. The number of rotatable bonds is 3. The molecule has 0 bridgehead atoms. The number of hydrogen-bond acceptors (Lipinski definition) is 1. The molecule has 2 nitrogen and oxygen atoms in total. The van der Waals surface area contributed by atoms with Gasteiger partial charge in [0.1, 0.15) is 6.79 Å². The summed E-state index contributed by atoms with van der Waals surface area (Å²) in [5.74, 6) is 0.794. The fourth-order valence-corrected chi connectivity index (χ4v) is 0.429. The van der Waals surface area contributed by atoms with E-state index in [9.17, 15) is 0 Å². The largest absolute Gasteiger partial charge is 0.592 e. The molecule has 0 aromatic carbocycles. The molecule has 0 aliphatic heterocycles. The van der Waals surface area contributed by atoms with E-state index in [-0.39, 0.29) is 0 Å². The van der Waals surface area contributed by atoms with Crippen LogP contribution in [0.5, 0.6) is 0 Å². The molecule has 2 N–H and O–H groups in total. The fraction of sp³-hybridized carbons (Fsp3) is 0.500. The Labute approximate surface area is 49.8 Å². The van der Waals surface area contributed by atoms with Gasteiger partial charge in [0.05, 0.1) is 5.76 Å². The van der Waals surface area contributed by atoms with Gasteiger partial charge in [0.25, 0.3) is 0 Å². The Morgan fingerprint density at radius 1 is 1.88 bits per heavy atom. The second kappa shape index (κ2) is 4.65. The van der Waals surface area contributed by atoms with Crippen LogP contribution in [0.2, 0.25) is 0 Å². The van der Waals surface area contributed by atoms with Crippen molar-refractivity contribution < 1.29 is 9.84 Å². The first-order chi connectivity index (χ1) is 3.81. The summed E-state index contributed by atoms with van der Waals surface area (Å²) in [6.07, 6.45) is 2.88. The molecule has 0 fully saturated rings. The highest BCUT2D eigenvalue weighted by Gasteiger charge is 1.77. The first-order valence-electron chi connectivity index (χ1n) is 2.63. The molecule has 0 saturated heterocycles. The summed E-state index contributed by atoms with van der Waals surface area (Å²) in [6.45, 7) is 4.78. The summed E-state index contributed by atoms with van der Waals surface area (Å²) < 4.78 is 4.68. The zero-order valence-corrected chi connectivity index (χ0v) is 5.27. The van der Waals surface area contributed by atoms with Crippen molar-refractivity contribution in [3.63, 3.8) is 0 Å². The average molecular weight is 116 g/mol. The van der Waals surface area contributed by atoms with Crippen LogP contribution in [0.15, 0.2) is 11.8 Å². The van der Waals surface area contributed by atoms with E-state index in [4.69, 9.17) is 5.11 Å². The molecule has 0 aromatic heterocycles. The summed E-state index contributed by atoms with van der Waals surface area (Å²) in [6, 6.07) is 0. The van der Waals surface area contributed by atoms with E-state index in [1.807, 2.05) is 19.9 Å². The third-order valence-corrected chi connectivity index (χ3v) is 0.736. The molecule has 0 heterocycles. The minimum absolute atomic E-state index is 0.794. The van der Waals surface area contributed by atoms with Crippen LogP contribution in [0.3, 0.4) is 0 Å². The third kappa shape index (κ3) is 3.68. The summed E-state index contributed by atoms with van der Waals surface area (Å²) >= 11 is 0. The van der Waals surface area contributed by atoms with Crippen molar-refractivity contribution in [2.45, 2.75) is 20.3 Å². The van der Waals surface area contributed by atoms with Gasteiger partial charge in [0, 0.05) is 0 Å². The summed E-state index contributed by atoms with van der Waals surface area (Å²) in [4.78, 5) is 0. The van der Waals surface area contributed by atoms with Crippen molar-refractivity contribution >= 4 is 0 Å². The van der Waals surface area contributed by atoms with Gasteiger partial charge >= 0.3 is 0 Å². The first kappa shape index (κ1) is 7.50. The zero-order valence-electron chi connectivity index (χ0n) is 5.27. The van der Waals surface area contributed by atoms with Gasteiger partial charge in [-0.05, 0) is 19.4 Å². The van der Waals surface area contributed by atoms with Gasteiger partial charge in [-0.3, -0.25) is 0 Å². The molecule has 0 spiro atoms. The van der Waals surface area contributed by atoms with Crippen molar-refractivity contribution in [3.05, 3.63) is 18.6 Å². The van der Waals surface area contributed by atoms with Crippen LogP contribution in [0, 0.1) is 6.79 Å². The molecule has 0 amide bonds. The smallest absolute Gasteiger partial charge is 0.123 e. The van der Waals surface area contributed by atoms with Crippen LogP contribution in [0.4, 0.5) is 0 Å². The van der Waals surface area contributed by atoms with E-state index < -0.39 is 0 Å². The molecule has 0 atom stereocenters.